The molecule has 1 rings (SSSR count). The van der Waals surface area contributed by atoms with Crippen LogP contribution >= 0.6 is 11.6 Å². The molecule has 0 radical (unpaired) electrons. The third-order valence-electron chi connectivity index (χ3n) is 1.35. The van der Waals surface area contributed by atoms with Gasteiger partial charge in [-0.1, -0.05) is 0 Å². The molecule has 0 fully saturated rings. The van der Waals surface area contributed by atoms with E-state index in [9.17, 15) is 4.79 Å². The standard InChI is InChI=1S/C4H3Cl.C2H3O2.In/c1-2-3-4-5;1-2(3)4;/h1-3H;1H2,(H,3,4);. The summed E-state index contributed by atoms with van der Waals surface area (Å²) in [5.41, 5.74) is 0. The molecule has 1 aliphatic heterocycles. The average Bonchev–Trinajstić information content (AvgIpc) is 2.15. The Labute approximate surface area is 71.7 Å². The van der Waals surface area contributed by atoms with Crippen molar-refractivity contribution in [2.24, 2.45) is 0 Å². The Hall–Kier alpha value is 0.110. The molecule has 0 aromatic heterocycles. The Bertz CT molecular complexity index is 210. The molecule has 0 atom stereocenters. The van der Waals surface area contributed by atoms with Crippen molar-refractivity contribution in [3.63, 3.8) is 0 Å². The van der Waals surface area contributed by atoms with Crippen LogP contribution in [0.4, 0.5) is 0 Å². The molecule has 10 heavy (non-hydrogen) atoms. The van der Waals surface area contributed by atoms with Crippen molar-refractivity contribution in [2.75, 3.05) is 0 Å². The summed E-state index contributed by atoms with van der Waals surface area (Å²) in [6.07, 6.45) is 3.68. The zero-order valence-electron chi connectivity index (χ0n) is 5.25. The Morgan fingerprint density at radius 2 is 2.50 bits per heavy atom. The van der Waals surface area contributed by atoms with Gasteiger partial charge in [0.2, 0.25) is 0 Å². The second-order valence-electron chi connectivity index (χ2n) is 2.14. The fourth-order valence-corrected chi connectivity index (χ4v) is 6.58. The van der Waals surface area contributed by atoms with Crippen molar-refractivity contribution in [1.82, 2.24) is 0 Å². The summed E-state index contributed by atoms with van der Waals surface area (Å²) in [5, 5.41) is 8.42. The summed E-state index contributed by atoms with van der Waals surface area (Å²) >= 11 is 3.70. The van der Waals surface area contributed by atoms with E-state index in [1.165, 1.54) is 0 Å². The number of halogens is 1. The van der Waals surface area contributed by atoms with Crippen molar-refractivity contribution in [3.05, 3.63) is 18.8 Å². The monoisotopic (exact) mass is 260 g/mol. The van der Waals surface area contributed by atoms with Crippen LogP contribution in [0.25, 0.3) is 0 Å². The van der Waals surface area contributed by atoms with Crippen LogP contribution in [-0.4, -0.2) is 32.5 Å². The first-order valence-corrected chi connectivity index (χ1v) is 9.21. The first kappa shape index (κ1) is 8.21. The Kier molecular flexibility index (Phi) is 2.86. The Morgan fingerprint density at radius 1 is 1.80 bits per heavy atom. The molecular weight excluding hydrogens is 254 g/mol. The molecule has 0 aliphatic carbocycles. The summed E-state index contributed by atoms with van der Waals surface area (Å²) in [6, 6.07) is 0. The maximum absolute atomic E-state index is 10.2. The number of rotatable bonds is 2. The van der Waals surface area contributed by atoms with E-state index in [1.54, 1.807) is 0 Å². The number of carboxylic acid groups (broad SMARTS) is 1. The Balaban J connectivity index is 2.51. The summed E-state index contributed by atoms with van der Waals surface area (Å²) < 4.78 is 3.12. The number of allylic oxidation sites excluding steroid dienone is 2. The first-order valence-electron chi connectivity index (χ1n) is 2.96. The van der Waals surface area contributed by atoms with Crippen LogP contribution in [0, 0.1) is 0 Å². The predicted molar refractivity (Wildman–Crippen MR) is 41.3 cm³/mol. The van der Waals surface area contributed by atoms with Gasteiger partial charge in [-0.25, -0.2) is 0 Å². The van der Waals surface area contributed by atoms with Gasteiger partial charge in [-0.2, -0.15) is 0 Å². The van der Waals surface area contributed by atoms with Crippen LogP contribution in [0.2, 0.25) is 4.18 Å². The summed E-state index contributed by atoms with van der Waals surface area (Å²) in [5.74, 6) is -0.723. The van der Waals surface area contributed by atoms with E-state index in [1.807, 2.05) is 16.0 Å². The third kappa shape index (κ3) is 2.06. The molecule has 0 saturated heterocycles. The van der Waals surface area contributed by atoms with Gasteiger partial charge in [0, 0.05) is 0 Å². The number of hydrogen-bond acceptors (Lipinski definition) is 1. The summed E-state index contributed by atoms with van der Waals surface area (Å²) in [6.45, 7) is 0. The fraction of sp³-hybridized carbons (Fsp3) is 0.167. The zero-order valence-corrected chi connectivity index (χ0v) is 9.30. The quantitative estimate of drug-likeness (QED) is 0.813. The van der Waals surface area contributed by atoms with E-state index >= 15 is 0 Å². The molecule has 52 valence electrons. The topological polar surface area (TPSA) is 37.3 Å². The van der Waals surface area contributed by atoms with Crippen molar-refractivity contribution >= 4 is 39.0 Å². The number of carboxylic acids is 1. The van der Waals surface area contributed by atoms with Gasteiger partial charge >= 0.3 is 71.9 Å². The summed E-state index contributed by atoms with van der Waals surface area (Å²) in [4.78, 5) is 10.2. The first-order chi connectivity index (χ1) is 4.70. The van der Waals surface area contributed by atoms with Crippen molar-refractivity contribution in [3.8, 4) is 0 Å². The molecule has 4 heteroatoms. The molecule has 0 amide bonds. The predicted octanol–water partition coefficient (Wildman–Crippen LogP) is 1.34. The van der Waals surface area contributed by atoms with Crippen LogP contribution in [0.3, 0.4) is 0 Å². The molecule has 0 bridgehead atoms. The van der Waals surface area contributed by atoms with Crippen molar-refractivity contribution in [2.45, 2.75) is 4.18 Å². The van der Waals surface area contributed by atoms with Gasteiger partial charge in [-0.05, 0) is 0 Å². The second kappa shape index (κ2) is 3.49. The number of carbonyl (C=O) groups is 1. The van der Waals surface area contributed by atoms with E-state index in [2.05, 4.69) is 0 Å². The van der Waals surface area contributed by atoms with Crippen LogP contribution in [0.5, 0.6) is 0 Å². The molecule has 2 nitrogen and oxygen atoms in total. The molecule has 0 unspecified atom stereocenters. The van der Waals surface area contributed by atoms with Gasteiger partial charge in [-0.3, -0.25) is 0 Å². The molecule has 0 aromatic rings. The van der Waals surface area contributed by atoms with Crippen LogP contribution in [0.15, 0.2) is 18.8 Å². The van der Waals surface area contributed by atoms with Crippen LogP contribution in [0.1, 0.15) is 0 Å². The molecule has 1 aliphatic rings. The number of hydrogen-bond donors (Lipinski definition) is 1. The van der Waals surface area contributed by atoms with Gasteiger partial charge < -0.3 is 0 Å². The average molecular weight is 260 g/mol. The summed E-state index contributed by atoms with van der Waals surface area (Å²) in [7, 11) is 0. The van der Waals surface area contributed by atoms with Gasteiger partial charge in [0.15, 0.2) is 0 Å². The van der Waals surface area contributed by atoms with Gasteiger partial charge in [0.05, 0.1) is 0 Å². The Morgan fingerprint density at radius 3 is 2.90 bits per heavy atom. The van der Waals surface area contributed by atoms with Crippen LogP contribution < -0.4 is 0 Å². The van der Waals surface area contributed by atoms with Crippen molar-refractivity contribution in [1.29, 1.82) is 0 Å². The SMILES string of the molecule is O=C(O)[CH2][In]1[CH]=CC=[C]1Cl. The van der Waals surface area contributed by atoms with E-state index in [-0.39, 0.29) is 0 Å². The molecule has 0 spiro atoms. The number of aliphatic carboxylic acids is 1. The van der Waals surface area contributed by atoms with E-state index in [4.69, 9.17) is 16.7 Å². The van der Waals surface area contributed by atoms with E-state index in [0.29, 0.717) is 4.18 Å². The third-order valence-corrected chi connectivity index (χ3v) is 10.1. The van der Waals surface area contributed by atoms with Gasteiger partial charge in [0.25, 0.3) is 0 Å². The minimum atomic E-state index is -2.05. The van der Waals surface area contributed by atoms with E-state index in [0.717, 1.165) is 2.79 Å². The fourth-order valence-electron chi connectivity index (χ4n) is 0.851. The van der Waals surface area contributed by atoms with E-state index < -0.39 is 27.4 Å². The molecular formula is C6H6ClInO2. The van der Waals surface area contributed by atoms with Gasteiger partial charge in [-0.15, -0.1) is 0 Å². The molecule has 0 saturated carbocycles. The van der Waals surface area contributed by atoms with Crippen LogP contribution in [-0.2, 0) is 4.79 Å². The second-order valence-corrected chi connectivity index (χ2v) is 11.1. The molecule has 1 N–H and O–H groups in total. The zero-order chi connectivity index (χ0) is 7.56. The van der Waals surface area contributed by atoms with Gasteiger partial charge in [0.1, 0.15) is 0 Å². The molecule has 1 heterocycles. The normalized spacial score (nSPS) is 15.7. The minimum absolute atomic E-state index is 0.299. The molecule has 0 aromatic carbocycles. The maximum atomic E-state index is 10.2. The van der Waals surface area contributed by atoms with Crippen molar-refractivity contribution < 1.29 is 9.90 Å².